The van der Waals surface area contributed by atoms with Gasteiger partial charge in [0, 0.05) is 17.5 Å². The van der Waals surface area contributed by atoms with Gasteiger partial charge in [0.15, 0.2) is 11.6 Å². The summed E-state index contributed by atoms with van der Waals surface area (Å²) in [5.41, 5.74) is 5.17. The highest BCUT2D eigenvalue weighted by Crippen LogP contribution is 2.49. The minimum Gasteiger partial charge on any atom is -0.388 e. The van der Waals surface area contributed by atoms with Gasteiger partial charge in [0.2, 0.25) is 0 Å². The first kappa shape index (κ1) is 11.5. The fraction of sp³-hybridized carbons (Fsp3) is 0.500. The number of aliphatic hydroxyl groups excluding tert-OH is 1. The summed E-state index contributed by atoms with van der Waals surface area (Å²) < 4.78 is 26.5. The van der Waals surface area contributed by atoms with E-state index in [-0.39, 0.29) is 5.56 Å². The second kappa shape index (κ2) is 4.11. The first-order valence-electron chi connectivity index (χ1n) is 5.43. The predicted molar refractivity (Wildman–Crippen MR) is 56.7 cm³/mol. The third-order valence-electron chi connectivity index (χ3n) is 3.61. The van der Waals surface area contributed by atoms with Crippen LogP contribution in [0.3, 0.4) is 0 Å². The molecule has 0 aromatic heterocycles. The predicted octanol–water partition coefficient (Wildman–Crippen LogP) is 2.13. The monoisotopic (exact) mass is 227 g/mol. The Morgan fingerprint density at radius 1 is 1.38 bits per heavy atom. The van der Waals surface area contributed by atoms with Crippen molar-refractivity contribution < 1.29 is 13.9 Å². The first-order chi connectivity index (χ1) is 7.60. The first-order valence-corrected chi connectivity index (χ1v) is 5.43. The molecule has 0 spiro atoms. The Morgan fingerprint density at radius 3 is 2.56 bits per heavy atom. The van der Waals surface area contributed by atoms with Crippen molar-refractivity contribution in [3.8, 4) is 0 Å². The van der Waals surface area contributed by atoms with E-state index in [4.69, 9.17) is 5.73 Å². The molecule has 0 saturated heterocycles. The van der Waals surface area contributed by atoms with Crippen molar-refractivity contribution in [2.75, 3.05) is 6.54 Å². The van der Waals surface area contributed by atoms with Crippen LogP contribution in [0.5, 0.6) is 0 Å². The van der Waals surface area contributed by atoms with Gasteiger partial charge < -0.3 is 10.8 Å². The fourth-order valence-electron chi connectivity index (χ4n) is 2.28. The molecule has 1 aliphatic carbocycles. The Bertz CT molecular complexity index is 385. The smallest absolute Gasteiger partial charge is 0.164 e. The number of hydrogen-bond acceptors (Lipinski definition) is 2. The second-order valence-electron chi connectivity index (χ2n) is 4.47. The van der Waals surface area contributed by atoms with Crippen molar-refractivity contribution in [1.29, 1.82) is 0 Å². The van der Waals surface area contributed by atoms with Crippen LogP contribution in [0, 0.1) is 17.0 Å². The van der Waals surface area contributed by atoms with E-state index in [0.717, 1.165) is 25.3 Å². The number of hydrogen-bond donors (Lipinski definition) is 2. The maximum Gasteiger partial charge on any atom is 0.164 e. The lowest BCUT2D eigenvalue weighted by Crippen LogP contribution is -2.42. The van der Waals surface area contributed by atoms with Gasteiger partial charge in [0.25, 0.3) is 0 Å². The van der Waals surface area contributed by atoms with Crippen LogP contribution in [0.15, 0.2) is 18.2 Å². The molecule has 1 aromatic carbocycles. The largest absolute Gasteiger partial charge is 0.388 e. The molecule has 88 valence electrons. The summed E-state index contributed by atoms with van der Waals surface area (Å²) in [6.45, 7) is 0.296. The Hall–Kier alpha value is -1.00. The molecule has 16 heavy (non-hydrogen) atoms. The number of aliphatic hydroxyl groups is 1. The average molecular weight is 227 g/mol. The molecule has 0 bridgehead atoms. The molecule has 1 aromatic rings. The number of halogens is 2. The van der Waals surface area contributed by atoms with E-state index in [2.05, 4.69) is 0 Å². The van der Waals surface area contributed by atoms with Crippen LogP contribution in [-0.2, 0) is 0 Å². The van der Waals surface area contributed by atoms with Crippen LogP contribution >= 0.6 is 0 Å². The van der Waals surface area contributed by atoms with Crippen LogP contribution in [-0.4, -0.2) is 11.7 Å². The SMILES string of the molecule is NCC1(C(O)c2cccc(F)c2F)CCC1. The number of benzene rings is 1. The molecule has 1 saturated carbocycles. The summed E-state index contributed by atoms with van der Waals surface area (Å²) in [4.78, 5) is 0. The van der Waals surface area contributed by atoms with Gasteiger partial charge in [0.05, 0.1) is 6.10 Å². The van der Waals surface area contributed by atoms with Gasteiger partial charge >= 0.3 is 0 Å². The highest BCUT2D eigenvalue weighted by atomic mass is 19.2. The van der Waals surface area contributed by atoms with E-state index < -0.39 is 23.2 Å². The second-order valence-corrected chi connectivity index (χ2v) is 4.47. The summed E-state index contributed by atoms with van der Waals surface area (Å²) in [5.74, 6) is -1.89. The molecular weight excluding hydrogens is 212 g/mol. The summed E-state index contributed by atoms with van der Waals surface area (Å²) in [5, 5.41) is 10.1. The van der Waals surface area contributed by atoms with Crippen LogP contribution in [0.1, 0.15) is 30.9 Å². The third kappa shape index (κ3) is 1.62. The molecule has 2 rings (SSSR count). The molecule has 4 heteroatoms. The molecule has 1 aliphatic rings. The van der Waals surface area contributed by atoms with Crippen molar-refractivity contribution >= 4 is 0 Å². The molecule has 0 amide bonds. The maximum absolute atomic E-state index is 13.5. The minimum absolute atomic E-state index is 0.0187. The lowest BCUT2D eigenvalue weighted by atomic mass is 9.63. The van der Waals surface area contributed by atoms with Crippen molar-refractivity contribution in [3.63, 3.8) is 0 Å². The van der Waals surface area contributed by atoms with Gasteiger partial charge in [-0.15, -0.1) is 0 Å². The third-order valence-corrected chi connectivity index (χ3v) is 3.61. The Kier molecular flexibility index (Phi) is 2.95. The van der Waals surface area contributed by atoms with Crippen LogP contribution < -0.4 is 5.73 Å². The molecular formula is C12H15F2NO. The maximum atomic E-state index is 13.5. The van der Waals surface area contributed by atoms with E-state index in [0.29, 0.717) is 6.54 Å². The summed E-state index contributed by atoms with van der Waals surface area (Å²) in [6.07, 6.45) is 1.49. The normalized spacial score (nSPS) is 20.2. The van der Waals surface area contributed by atoms with E-state index in [1.54, 1.807) is 0 Å². The average Bonchev–Trinajstić information content (AvgIpc) is 2.21. The highest BCUT2D eigenvalue weighted by molar-refractivity contribution is 5.24. The van der Waals surface area contributed by atoms with Crippen LogP contribution in [0.4, 0.5) is 8.78 Å². The zero-order chi connectivity index (χ0) is 11.8. The molecule has 0 radical (unpaired) electrons. The van der Waals surface area contributed by atoms with Crippen LogP contribution in [0.2, 0.25) is 0 Å². The molecule has 1 atom stereocenters. The Balaban J connectivity index is 2.33. The lowest BCUT2D eigenvalue weighted by Gasteiger charge is -2.44. The molecule has 1 fully saturated rings. The quantitative estimate of drug-likeness (QED) is 0.830. The van der Waals surface area contributed by atoms with E-state index in [1.807, 2.05) is 0 Å². The van der Waals surface area contributed by atoms with Crippen LogP contribution in [0.25, 0.3) is 0 Å². The minimum atomic E-state index is -1.01. The molecule has 1 unspecified atom stereocenters. The summed E-state index contributed by atoms with van der Waals surface area (Å²) in [6, 6.07) is 3.86. The molecule has 2 nitrogen and oxygen atoms in total. The topological polar surface area (TPSA) is 46.2 Å². The zero-order valence-electron chi connectivity index (χ0n) is 8.92. The fourth-order valence-corrected chi connectivity index (χ4v) is 2.28. The van der Waals surface area contributed by atoms with Crippen molar-refractivity contribution in [3.05, 3.63) is 35.4 Å². The summed E-state index contributed by atoms with van der Waals surface area (Å²) >= 11 is 0. The van der Waals surface area contributed by atoms with Crippen molar-refractivity contribution in [2.45, 2.75) is 25.4 Å². The van der Waals surface area contributed by atoms with E-state index >= 15 is 0 Å². The van der Waals surface area contributed by atoms with Gasteiger partial charge in [-0.25, -0.2) is 8.78 Å². The number of nitrogens with two attached hydrogens (primary N) is 1. The standard InChI is InChI=1S/C12H15F2NO/c13-9-4-1-3-8(10(9)14)11(16)12(7-15)5-2-6-12/h1,3-4,11,16H,2,5-7,15H2. The zero-order valence-corrected chi connectivity index (χ0v) is 8.92. The molecule has 0 heterocycles. The summed E-state index contributed by atoms with van der Waals surface area (Å²) in [7, 11) is 0. The Labute approximate surface area is 93.1 Å². The van der Waals surface area contributed by atoms with Gasteiger partial charge in [-0.05, 0) is 18.9 Å². The van der Waals surface area contributed by atoms with E-state index in [9.17, 15) is 13.9 Å². The molecule has 3 N–H and O–H groups in total. The van der Waals surface area contributed by atoms with Gasteiger partial charge in [0.1, 0.15) is 0 Å². The van der Waals surface area contributed by atoms with Gasteiger partial charge in [-0.3, -0.25) is 0 Å². The molecule has 0 aliphatic heterocycles. The highest BCUT2D eigenvalue weighted by Gasteiger charge is 2.44. The van der Waals surface area contributed by atoms with Gasteiger partial charge in [-0.1, -0.05) is 18.6 Å². The van der Waals surface area contributed by atoms with Crippen molar-refractivity contribution in [1.82, 2.24) is 0 Å². The van der Waals surface area contributed by atoms with Crippen molar-refractivity contribution in [2.24, 2.45) is 11.1 Å². The number of rotatable bonds is 3. The lowest BCUT2D eigenvalue weighted by molar-refractivity contribution is -0.0319. The van der Waals surface area contributed by atoms with Gasteiger partial charge in [-0.2, -0.15) is 0 Å². The van der Waals surface area contributed by atoms with E-state index in [1.165, 1.54) is 12.1 Å². The Morgan fingerprint density at radius 2 is 2.06 bits per heavy atom.